The van der Waals surface area contributed by atoms with Crippen molar-refractivity contribution >= 4 is 17.6 Å². The molecule has 0 aliphatic heterocycles. The number of hydrogen-bond acceptors (Lipinski definition) is 2. The molecule has 0 bridgehead atoms. The Labute approximate surface area is 83.6 Å². The zero-order valence-corrected chi connectivity index (χ0v) is 9.07. The van der Waals surface area contributed by atoms with Gasteiger partial charge in [0, 0.05) is 11.5 Å². The predicted molar refractivity (Wildman–Crippen MR) is 49.7 cm³/mol. The van der Waals surface area contributed by atoms with Crippen LogP contribution < -0.4 is 10.8 Å². The topological polar surface area (TPSA) is 67.8 Å². The van der Waals surface area contributed by atoms with E-state index < -0.39 is 11.4 Å². The lowest BCUT2D eigenvalue weighted by Gasteiger charge is -2.25. The summed E-state index contributed by atoms with van der Waals surface area (Å²) in [6, 6.07) is 0. The third-order valence-electron chi connectivity index (χ3n) is 1.62. The van der Waals surface area contributed by atoms with Crippen molar-refractivity contribution in [2.75, 3.05) is 6.54 Å². The standard InChI is InChI=1S/C9H16ClNO2/c1-9(2,3)7(8(12)13)6(10)4-5-11/h4-5,11H2,1-3H3,(H,12,13). The van der Waals surface area contributed by atoms with Gasteiger partial charge in [0.25, 0.3) is 0 Å². The molecule has 0 amide bonds. The van der Waals surface area contributed by atoms with E-state index in [-0.39, 0.29) is 5.57 Å². The van der Waals surface area contributed by atoms with Crippen LogP contribution in [0.2, 0.25) is 0 Å². The maximum Gasteiger partial charge on any atom is 0.0789 e. The van der Waals surface area contributed by atoms with Crippen LogP contribution in [-0.2, 0) is 4.79 Å². The molecule has 3 nitrogen and oxygen atoms in total. The highest BCUT2D eigenvalue weighted by Gasteiger charge is 2.21. The van der Waals surface area contributed by atoms with Crippen LogP contribution in [0.25, 0.3) is 0 Å². The monoisotopic (exact) mass is 205 g/mol. The zero-order valence-electron chi connectivity index (χ0n) is 8.32. The van der Waals surface area contributed by atoms with Gasteiger partial charge in [-0.3, -0.25) is 0 Å². The van der Waals surface area contributed by atoms with Gasteiger partial charge in [-0.25, -0.2) is 0 Å². The molecule has 0 aliphatic rings. The van der Waals surface area contributed by atoms with Gasteiger partial charge >= 0.3 is 0 Å². The van der Waals surface area contributed by atoms with Gasteiger partial charge in [-0.2, -0.15) is 0 Å². The van der Waals surface area contributed by atoms with E-state index >= 15 is 0 Å². The molecule has 4 heteroatoms. The first-order valence-electron chi connectivity index (χ1n) is 4.20. The number of carboxylic acid groups (broad SMARTS) is 1. The summed E-state index contributed by atoms with van der Waals surface area (Å²) >= 11 is 5.85. The molecule has 0 radical (unpaired) electrons. The Morgan fingerprint density at radius 2 is 1.92 bits per heavy atom. The van der Waals surface area contributed by atoms with Crippen molar-refractivity contribution in [3.8, 4) is 0 Å². The molecule has 0 aromatic rings. The van der Waals surface area contributed by atoms with Crippen LogP contribution in [0.5, 0.6) is 0 Å². The van der Waals surface area contributed by atoms with E-state index in [4.69, 9.17) is 11.6 Å². The summed E-state index contributed by atoms with van der Waals surface area (Å²) in [4.78, 5) is 10.8. The second kappa shape index (κ2) is 4.63. The number of halogens is 1. The number of rotatable bonds is 3. The van der Waals surface area contributed by atoms with Crippen LogP contribution in [0.15, 0.2) is 10.6 Å². The minimum absolute atomic E-state index is 0.179. The van der Waals surface area contributed by atoms with Crippen molar-refractivity contribution in [2.45, 2.75) is 27.2 Å². The van der Waals surface area contributed by atoms with E-state index in [2.05, 4.69) is 5.73 Å². The molecule has 0 spiro atoms. The van der Waals surface area contributed by atoms with Gasteiger partial charge in [0.05, 0.1) is 12.5 Å². The van der Waals surface area contributed by atoms with Gasteiger partial charge < -0.3 is 15.6 Å². The van der Waals surface area contributed by atoms with E-state index in [1.54, 1.807) is 20.8 Å². The Balaban J connectivity index is 5.01. The van der Waals surface area contributed by atoms with Gasteiger partial charge in [0.15, 0.2) is 0 Å². The summed E-state index contributed by atoms with van der Waals surface area (Å²) in [5.74, 6) is -1.19. The molecule has 0 aliphatic carbocycles. The Morgan fingerprint density at radius 1 is 1.46 bits per heavy atom. The average Bonchev–Trinajstić information content (AvgIpc) is 1.82. The fourth-order valence-corrected chi connectivity index (χ4v) is 1.60. The molecule has 76 valence electrons. The normalized spacial score (nSPS) is 13.9. The molecule has 13 heavy (non-hydrogen) atoms. The molecular weight excluding hydrogens is 190 g/mol. The Hall–Kier alpha value is -0.540. The summed E-state index contributed by atoms with van der Waals surface area (Å²) in [5, 5.41) is 11.1. The zero-order chi connectivity index (χ0) is 10.6. The largest absolute Gasteiger partial charge is 0.545 e. The quantitative estimate of drug-likeness (QED) is 0.655. The maximum absolute atomic E-state index is 10.8. The first-order valence-corrected chi connectivity index (χ1v) is 4.58. The number of aliphatic carboxylic acids is 1. The summed E-state index contributed by atoms with van der Waals surface area (Å²) in [6.45, 7) is 5.97. The fourth-order valence-electron chi connectivity index (χ4n) is 1.10. The number of quaternary nitrogens is 1. The SMILES string of the molecule is CC(C)(C)C(C(=O)[O-])=C(Cl)CC[NH3+]. The molecule has 0 atom stereocenters. The van der Waals surface area contributed by atoms with Crippen LogP contribution in [0.3, 0.4) is 0 Å². The van der Waals surface area contributed by atoms with Crippen molar-refractivity contribution in [1.29, 1.82) is 0 Å². The van der Waals surface area contributed by atoms with Crippen molar-refractivity contribution in [3.63, 3.8) is 0 Å². The molecule has 0 aromatic heterocycles. The maximum atomic E-state index is 10.8. The second-order valence-electron chi connectivity index (χ2n) is 3.92. The highest BCUT2D eigenvalue weighted by atomic mass is 35.5. The van der Waals surface area contributed by atoms with Gasteiger partial charge in [0.1, 0.15) is 0 Å². The summed E-state index contributed by atoms with van der Waals surface area (Å²) in [7, 11) is 0. The van der Waals surface area contributed by atoms with E-state index in [9.17, 15) is 9.90 Å². The first-order chi connectivity index (χ1) is 5.80. The third-order valence-corrected chi connectivity index (χ3v) is 2.00. The number of hydrogen-bond donors (Lipinski definition) is 1. The van der Waals surface area contributed by atoms with E-state index in [1.807, 2.05) is 0 Å². The molecule has 0 saturated carbocycles. The summed E-state index contributed by atoms with van der Waals surface area (Å²) in [6.07, 6.45) is 0.488. The van der Waals surface area contributed by atoms with Gasteiger partial charge in [-0.15, -0.1) is 0 Å². The van der Waals surface area contributed by atoms with Gasteiger partial charge in [-0.1, -0.05) is 32.4 Å². The minimum Gasteiger partial charge on any atom is -0.545 e. The van der Waals surface area contributed by atoms with Crippen molar-refractivity contribution in [3.05, 3.63) is 10.6 Å². The molecule has 3 N–H and O–H groups in total. The Kier molecular flexibility index (Phi) is 4.44. The number of carbonyl (C=O) groups is 1. The van der Waals surface area contributed by atoms with E-state index in [0.29, 0.717) is 18.0 Å². The van der Waals surface area contributed by atoms with E-state index in [1.165, 1.54) is 0 Å². The highest BCUT2D eigenvalue weighted by molar-refractivity contribution is 6.31. The summed E-state index contributed by atoms with van der Waals surface area (Å²) < 4.78 is 0. The lowest BCUT2D eigenvalue weighted by atomic mass is 9.85. The smallest absolute Gasteiger partial charge is 0.0789 e. The average molecular weight is 206 g/mol. The molecular formula is C9H16ClNO2. The van der Waals surface area contributed by atoms with Crippen molar-refractivity contribution in [2.24, 2.45) is 5.41 Å². The molecule has 0 aromatic carbocycles. The van der Waals surface area contributed by atoms with E-state index in [0.717, 1.165) is 0 Å². The Bertz CT molecular complexity index is 228. The van der Waals surface area contributed by atoms with Crippen LogP contribution in [-0.4, -0.2) is 12.5 Å². The second-order valence-corrected chi connectivity index (χ2v) is 4.38. The number of carboxylic acids is 1. The van der Waals surface area contributed by atoms with Crippen LogP contribution in [0, 0.1) is 5.41 Å². The molecule has 0 unspecified atom stereocenters. The first kappa shape index (κ1) is 12.5. The molecule has 0 heterocycles. The highest BCUT2D eigenvalue weighted by Crippen LogP contribution is 2.30. The van der Waals surface area contributed by atoms with Gasteiger partial charge in [-0.05, 0) is 11.0 Å². The van der Waals surface area contributed by atoms with Crippen molar-refractivity contribution < 1.29 is 15.6 Å². The van der Waals surface area contributed by atoms with Crippen LogP contribution >= 0.6 is 11.6 Å². The molecule has 0 saturated heterocycles. The van der Waals surface area contributed by atoms with Crippen LogP contribution in [0.4, 0.5) is 0 Å². The van der Waals surface area contributed by atoms with Crippen LogP contribution in [0.1, 0.15) is 27.2 Å². The van der Waals surface area contributed by atoms with Gasteiger partial charge in [0.2, 0.25) is 0 Å². The Morgan fingerprint density at radius 3 is 2.15 bits per heavy atom. The molecule has 0 rings (SSSR count). The minimum atomic E-state index is -1.19. The lowest BCUT2D eigenvalue weighted by Crippen LogP contribution is -2.50. The lowest BCUT2D eigenvalue weighted by molar-refractivity contribution is -0.366. The van der Waals surface area contributed by atoms with Crippen molar-refractivity contribution in [1.82, 2.24) is 0 Å². The molecule has 0 fully saturated rings. The predicted octanol–water partition coefficient (Wildman–Crippen LogP) is -0.0927. The fraction of sp³-hybridized carbons (Fsp3) is 0.667. The number of carbonyl (C=O) groups excluding carboxylic acids is 1. The third kappa shape index (κ3) is 3.79. The summed E-state index contributed by atoms with van der Waals surface area (Å²) in [5.41, 5.74) is 3.31.